The number of aromatic nitrogens is 2. The molecule has 1 saturated heterocycles. The molecule has 1 N–H and O–H groups in total. The summed E-state index contributed by atoms with van der Waals surface area (Å²) in [7, 11) is 0. The van der Waals surface area contributed by atoms with E-state index in [-0.39, 0.29) is 18.6 Å². The van der Waals surface area contributed by atoms with Crippen LogP contribution >= 0.6 is 0 Å². The minimum Gasteiger partial charge on any atom is -0.379 e. The van der Waals surface area contributed by atoms with Crippen LogP contribution < -0.4 is 5.32 Å². The number of hydrogen-bond donors (Lipinski definition) is 1. The Morgan fingerprint density at radius 1 is 1.76 bits per heavy atom. The van der Waals surface area contributed by atoms with Crippen molar-refractivity contribution in [1.29, 1.82) is 0 Å². The molecule has 0 aliphatic carbocycles. The first-order valence-corrected chi connectivity index (χ1v) is 5.79. The molecule has 0 saturated carbocycles. The van der Waals surface area contributed by atoms with Crippen molar-refractivity contribution < 1.29 is 14.3 Å². The summed E-state index contributed by atoms with van der Waals surface area (Å²) in [5, 5.41) is 6.95. The van der Waals surface area contributed by atoms with Gasteiger partial charge in [0.15, 0.2) is 0 Å². The van der Waals surface area contributed by atoms with E-state index in [0.29, 0.717) is 18.9 Å². The maximum atomic E-state index is 11.4. The van der Waals surface area contributed by atoms with Gasteiger partial charge in [-0.25, -0.2) is 0 Å². The van der Waals surface area contributed by atoms with Crippen molar-refractivity contribution in [2.75, 3.05) is 31.7 Å². The fraction of sp³-hybridized carbons (Fsp3) is 0.636. The molecule has 0 aromatic carbocycles. The largest absolute Gasteiger partial charge is 0.379 e. The third-order valence-electron chi connectivity index (χ3n) is 2.60. The third-order valence-corrected chi connectivity index (χ3v) is 2.60. The molecule has 1 aromatic heterocycles. The molecule has 1 amide bonds. The molecule has 1 aliphatic rings. The number of hydrogen-bond acceptors (Lipinski definition) is 4. The number of nitrogens with zero attached hydrogens (tertiary/aromatic N) is 2. The first-order chi connectivity index (χ1) is 8.29. The van der Waals surface area contributed by atoms with Crippen LogP contribution in [-0.2, 0) is 14.3 Å². The van der Waals surface area contributed by atoms with E-state index in [2.05, 4.69) is 10.4 Å². The standard InChI is InChI=1S/C11H17N3O3/c1-2-16-8-11(15)13-9-5-12-14(6-9)10-3-4-17-7-10/h5-6,10H,2-4,7-8H2,1H3,(H,13,15)/t10-/m1/s1. The van der Waals surface area contributed by atoms with Gasteiger partial charge >= 0.3 is 0 Å². The number of carbonyl (C=O) groups is 1. The summed E-state index contributed by atoms with van der Waals surface area (Å²) in [6.07, 6.45) is 4.43. The molecule has 17 heavy (non-hydrogen) atoms. The van der Waals surface area contributed by atoms with Gasteiger partial charge in [0.05, 0.1) is 24.5 Å². The monoisotopic (exact) mass is 239 g/mol. The minimum atomic E-state index is -0.158. The van der Waals surface area contributed by atoms with Gasteiger partial charge in [-0.3, -0.25) is 9.48 Å². The molecule has 2 rings (SSSR count). The lowest BCUT2D eigenvalue weighted by Crippen LogP contribution is -2.17. The zero-order valence-electron chi connectivity index (χ0n) is 9.89. The van der Waals surface area contributed by atoms with Gasteiger partial charge in [-0.1, -0.05) is 0 Å². The predicted molar refractivity (Wildman–Crippen MR) is 61.8 cm³/mol. The van der Waals surface area contributed by atoms with Crippen LogP contribution in [-0.4, -0.2) is 42.1 Å². The molecular formula is C11H17N3O3. The second-order valence-corrected chi connectivity index (χ2v) is 3.91. The lowest BCUT2D eigenvalue weighted by atomic mass is 10.3. The number of carbonyl (C=O) groups excluding carboxylic acids is 1. The van der Waals surface area contributed by atoms with Gasteiger partial charge in [-0.2, -0.15) is 5.10 Å². The van der Waals surface area contributed by atoms with Crippen molar-refractivity contribution in [2.24, 2.45) is 0 Å². The summed E-state index contributed by atoms with van der Waals surface area (Å²) in [4.78, 5) is 11.4. The fourth-order valence-electron chi connectivity index (χ4n) is 1.72. The smallest absolute Gasteiger partial charge is 0.250 e. The van der Waals surface area contributed by atoms with Crippen LogP contribution in [0.25, 0.3) is 0 Å². The fourth-order valence-corrected chi connectivity index (χ4v) is 1.72. The third kappa shape index (κ3) is 3.28. The van der Waals surface area contributed by atoms with Gasteiger partial charge < -0.3 is 14.8 Å². The van der Waals surface area contributed by atoms with Crippen molar-refractivity contribution in [2.45, 2.75) is 19.4 Å². The Labute approximate surface area is 99.9 Å². The lowest BCUT2D eigenvalue weighted by Gasteiger charge is -2.06. The summed E-state index contributed by atoms with van der Waals surface area (Å²) >= 11 is 0. The minimum absolute atomic E-state index is 0.0776. The molecule has 6 heteroatoms. The maximum Gasteiger partial charge on any atom is 0.250 e. The molecule has 2 heterocycles. The van der Waals surface area contributed by atoms with E-state index < -0.39 is 0 Å². The van der Waals surface area contributed by atoms with Gasteiger partial charge in [0, 0.05) is 19.4 Å². The average Bonchev–Trinajstić information content (AvgIpc) is 2.95. The van der Waals surface area contributed by atoms with Crippen LogP contribution in [0.1, 0.15) is 19.4 Å². The summed E-state index contributed by atoms with van der Waals surface area (Å²) in [5.74, 6) is -0.158. The Morgan fingerprint density at radius 2 is 2.65 bits per heavy atom. The van der Waals surface area contributed by atoms with E-state index in [1.165, 1.54) is 0 Å². The molecule has 6 nitrogen and oxygen atoms in total. The van der Waals surface area contributed by atoms with Crippen LogP contribution in [0, 0.1) is 0 Å². The van der Waals surface area contributed by atoms with E-state index >= 15 is 0 Å². The van der Waals surface area contributed by atoms with Crippen molar-refractivity contribution in [3.8, 4) is 0 Å². The molecule has 1 atom stereocenters. The Hall–Kier alpha value is -1.40. The molecule has 94 valence electrons. The second kappa shape index (κ2) is 5.79. The van der Waals surface area contributed by atoms with Crippen LogP contribution in [0.2, 0.25) is 0 Å². The predicted octanol–water partition coefficient (Wildman–Crippen LogP) is 0.819. The quantitative estimate of drug-likeness (QED) is 0.826. The molecule has 0 unspecified atom stereocenters. The highest BCUT2D eigenvalue weighted by Gasteiger charge is 2.18. The highest BCUT2D eigenvalue weighted by Crippen LogP contribution is 2.19. The molecule has 1 aromatic rings. The van der Waals surface area contributed by atoms with E-state index in [0.717, 1.165) is 13.0 Å². The highest BCUT2D eigenvalue weighted by atomic mass is 16.5. The van der Waals surface area contributed by atoms with Gasteiger partial charge in [0.2, 0.25) is 5.91 Å². The Kier molecular flexibility index (Phi) is 4.11. The average molecular weight is 239 g/mol. The summed E-state index contributed by atoms with van der Waals surface area (Å²) in [5.41, 5.74) is 0.696. The first kappa shape index (κ1) is 12.1. The van der Waals surface area contributed by atoms with E-state index in [9.17, 15) is 4.79 Å². The molecule has 0 radical (unpaired) electrons. The van der Waals surface area contributed by atoms with Gasteiger partial charge in [0.25, 0.3) is 0 Å². The van der Waals surface area contributed by atoms with E-state index in [4.69, 9.17) is 9.47 Å². The number of amides is 1. The second-order valence-electron chi connectivity index (χ2n) is 3.91. The van der Waals surface area contributed by atoms with Gasteiger partial charge in [-0.15, -0.1) is 0 Å². The SMILES string of the molecule is CCOCC(=O)Nc1cnn([C@@H]2CCOC2)c1. The highest BCUT2D eigenvalue weighted by molar-refractivity contribution is 5.91. The van der Waals surface area contributed by atoms with Gasteiger partial charge in [-0.05, 0) is 13.3 Å². The number of ether oxygens (including phenoxy) is 2. The molecular weight excluding hydrogens is 222 g/mol. The van der Waals surface area contributed by atoms with Crippen molar-refractivity contribution in [3.63, 3.8) is 0 Å². The molecule has 0 spiro atoms. The Balaban J connectivity index is 1.87. The van der Waals surface area contributed by atoms with Crippen LogP contribution in [0.15, 0.2) is 12.4 Å². The Morgan fingerprint density at radius 3 is 3.35 bits per heavy atom. The first-order valence-electron chi connectivity index (χ1n) is 5.79. The summed E-state index contributed by atoms with van der Waals surface area (Å²) < 4.78 is 12.1. The molecule has 1 fully saturated rings. The van der Waals surface area contributed by atoms with Crippen LogP contribution in [0.3, 0.4) is 0 Å². The van der Waals surface area contributed by atoms with Crippen molar-refractivity contribution in [3.05, 3.63) is 12.4 Å². The maximum absolute atomic E-state index is 11.4. The zero-order valence-corrected chi connectivity index (χ0v) is 9.89. The molecule has 1 aliphatic heterocycles. The van der Waals surface area contributed by atoms with Crippen molar-refractivity contribution in [1.82, 2.24) is 9.78 Å². The van der Waals surface area contributed by atoms with Crippen LogP contribution in [0.4, 0.5) is 5.69 Å². The summed E-state index contributed by atoms with van der Waals surface area (Å²) in [6, 6.07) is 0.285. The summed E-state index contributed by atoms with van der Waals surface area (Å²) in [6.45, 7) is 3.93. The normalized spacial score (nSPS) is 19.5. The van der Waals surface area contributed by atoms with Crippen LogP contribution in [0.5, 0.6) is 0 Å². The van der Waals surface area contributed by atoms with E-state index in [1.807, 2.05) is 17.8 Å². The van der Waals surface area contributed by atoms with Crippen molar-refractivity contribution >= 4 is 11.6 Å². The zero-order chi connectivity index (χ0) is 12.1. The number of rotatable bonds is 5. The number of nitrogens with one attached hydrogen (secondary N) is 1. The van der Waals surface area contributed by atoms with E-state index in [1.54, 1.807) is 6.20 Å². The lowest BCUT2D eigenvalue weighted by molar-refractivity contribution is -0.120. The topological polar surface area (TPSA) is 65.4 Å². The number of anilines is 1. The Bertz CT molecular complexity index is 372. The van der Waals surface area contributed by atoms with Gasteiger partial charge in [0.1, 0.15) is 6.61 Å². The molecule has 0 bridgehead atoms.